The second kappa shape index (κ2) is 5.77. The Morgan fingerprint density at radius 3 is 2.53 bits per heavy atom. The van der Waals surface area contributed by atoms with Gasteiger partial charge in [-0.3, -0.25) is 5.43 Å². The number of nitrogens with one attached hydrogen (secondary N) is 1. The lowest BCUT2D eigenvalue weighted by molar-refractivity contribution is 0.373. The minimum Gasteiger partial charge on any atom is -0.508 e. The zero-order chi connectivity index (χ0) is 13.7. The van der Waals surface area contributed by atoms with Crippen molar-refractivity contribution in [1.29, 1.82) is 0 Å². The van der Waals surface area contributed by atoms with Crippen molar-refractivity contribution in [3.8, 4) is 17.2 Å². The van der Waals surface area contributed by atoms with Gasteiger partial charge in [0, 0.05) is 0 Å². The summed E-state index contributed by atoms with van der Waals surface area (Å²) >= 11 is 0. The van der Waals surface area contributed by atoms with Gasteiger partial charge in [0.2, 0.25) is 0 Å². The van der Waals surface area contributed by atoms with Crippen molar-refractivity contribution in [2.24, 2.45) is 5.10 Å². The molecule has 0 fully saturated rings. The Hall–Kier alpha value is -2.69. The summed E-state index contributed by atoms with van der Waals surface area (Å²) in [6, 6.07) is 11.5. The van der Waals surface area contributed by atoms with Crippen molar-refractivity contribution in [3.63, 3.8) is 0 Å². The highest BCUT2D eigenvalue weighted by molar-refractivity contribution is 5.81. The van der Waals surface area contributed by atoms with Crippen molar-refractivity contribution in [2.45, 2.75) is 0 Å². The minimum absolute atomic E-state index is 0.0890. The van der Waals surface area contributed by atoms with Gasteiger partial charge >= 0.3 is 0 Å². The van der Waals surface area contributed by atoms with Gasteiger partial charge in [-0.1, -0.05) is 0 Å². The maximum Gasteiger partial charge on any atom is 0.161 e. The number of hydrogen-bond acceptors (Lipinski definition) is 5. The average molecular weight is 258 g/mol. The molecule has 5 nitrogen and oxygen atoms in total. The Labute approximate surface area is 110 Å². The van der Waals surface area contributed by atoms with Crippen LogP contribution >= 0.6 is 0 Å². The van der Waals surface area contributed by atoms with Gasteiger partial charge in [0.25, 0.3) is 0 Å². The monoisotopic (exact) mass is 258 g/mol. The van der Waals surface area contributed by atoms with Crippen LogP contribution in [0.3, 0.4) is 0 Å². The first-order valence-corrected chi connectivity index (χ1v) is 5.64. The van der Waals surface area contributed by atoms with E-state index >= 15 is 0 Å². The van der Waals surface area contributed by atoms with E-state index in [0.29, 0.717) is 5.75 Å². The Bertz CT molecular complexity index is 580. The zero-order valence-corrected chi connectivity index (χ0v) is 10.4. The summed E-state index contributed by atoms with van der Waals surface area (Å²) in [4.78, 5) is 0. The number of hydrogen-bond donors (Lipinski definition) is 3. The molecule has 19 heavy (non-hydrogen) atoms. The number of methoxy groups -OCH3 is 1. The third-order valence-electron chi connectivity index (χ3n) is 2.48. The van der Waals surface area contributed by atoms with Crippen LogP contribution in [0.4, 0.5) is 5.69 Å². The molecular formula is C14H14N2O3. The van der Waals surface area contributed by atoms with Crippen LogP contribution in [0.1, 0.15) is 5.56 Å². The molecule has 0 radical (unpaired) electrons. The van der Waals surface area contributed by atoms with E-state index in [1.807, 2.05) is 0 Å². The van der Waals surface area contributed by atoms with E-state index in [1.54, 1.807) is 48.7 Å². The summed E-state index contributed by atoms with van der Waals surface area (Å²) in [6.07, 6.45) is 1.61. The molecule has 2 aromatic rings. The number of anilines is 1. The van der Waals surface area contributed by atoms with Gasteiger partial charge in [-0.25, -0.2) is 0 Å². The molecule has 0 bridgehead atoms. The molecule has 0 aliphatic heterocycles. The molecule has 2 rings (SSSR count). The third-order valence-corrected chi connectivity index (χ3v) is 2.48. The van der Waals surface area contributed by atoms with Crippen LogP contribution in [-0.2, 0) is 0 Å². The van der Waals surface area contributed by atoms with Gasteiger partial charge in [0.05, 0.1) is 19.0 Å². The molecule has 0 unspecified atom stereocenters. The first kappa shape index (κ1) is 12.8. The molecule has 0 heterocycles. The third kappa shape index (κ3) is 3.38. The summed E-state index contributed by atoms with van der Waals surface area (Å²) in [5, 5.41) is 22.6. The topological polar surface area (TPSA) is 74.1 Å². The lowest BCUT2D eigenvalue weighted by Crippen LogP contribution is -1.91. The van der Waals surface area contributed by atoms with Crippen LogP contribution in [-0.4, -0.2) is 23.5 Å². The Morgan fingerprint density at radius 1 is 1.11 bits per heavy atom. The minimum atomic E-state index is 0.0890. The maximum absolute atomic E-state index is 9.46. The molecule has 98 valence electrons. The highest BCUT2D eigenvalue weighted by atomic mass is 16.5. The lowest BCUT2D eigenvalue weighted by atomic mass is 10.2. The van der Waals surface area contributed by atoms with Gasteiger partial charge in [-0.15, -0.1) is 0 Å². The SMILES string of the molecule is COc1cc(C=NNc2ccc(O)cc2)ccc1O. The van der Waals surface area contributed by atoms with Crippen LogP contribution in [0, 0.1) is 0 Å². The molecule has 0 spiro atoms. The van der Waals surface area contributed by atoms with Crippen LogP contribution in [0.25, 0.3) is 0 Å². The fraction of sp³-hybridized carbons (Fsp3) is 0.0714. The summed E-state index contributed by atoms with van der Waals surface area (Å²) in [5.74, 6) is 0.692. The molecule has 2 aromatic carbocycles. The van der Waals surface area contributed by atoms with Gasteiger partial charge in [0.1, 0.15) is 5.75 Å². The fourth-order valence-electron chi connectivity index (χ4n) is 1.49. The van der Waals surface area contributed by atoms with Gasteiger partial charge in [-0.05, 0) is 48.0 Å². The maximum atomic E-state index is 9.46. The standard InChI is InChI=1S/C14H14N2O3/c1-19-14-8-10(2-7-13(14)18)9-15-16-11-3-5-12(17)6-4-11/h2-9,16-18H,1H3. The molecule has 0 saturated heterocycles. The predicted octanol–water partition coefficient (Wildman–Crippen LogP) is 2.55. The van der Waals surface area contributed by atoms with Crippen molar-refractivity contribution in [2.75, 3.05) is 12.5 Å². The highest BCUT2D eigenvalue weighted by Gasteiger charge is 2.00. The van der Waals surface area contributed by atoms with E-state index in [9.17, 15) is 5.11 Å². The number of phenols is 2. The van der Waals surface area contributed by atoms with Crippen LogP contribution in [0.5, 0.6) is 17.2 Å². The Balaban J connectivity index is 2.04. The van der Waals surface area contributed by atoms with E-state index < -0.39 is 0 Å². The number of nitrogens with zero attached hydrogens (tertiary/aromatic N) is 1. The number of rotatable bonds is 4. The van der Waals surface area contributed by atoms with Crippen molar-refractivity contribution in [3.05, 3.63) is 48.0 Å². The zero-order valence-electron chi connectivity index (χ0n) is 10.4. The predicted molar refractivity (Wildman–Crippen MR) is 74.0 cm³/mol. The Morgan fingerprint density at radius 2 is 1.84 bits per heavy atom. The van der Waals surface area contributed by atoms with Crippen LogP contribution in [0.15, 0.2) is 47.6 Å². The second-order valence-corrected chi connectivity index (χ2v) is 3.85. The number of benzene rings is 2. The number of aromatic hydroxyl groups is 2. The normalized spacial score (nSPS) is 10.6. The molecule has 0 amide bonds. The van der Waals surface area contributed by atoms with Gasteiger partial charge in [-0.2, -0.15) is 5.10 Å². The molecule has 0 aliphatic carbocycles. The van der Waals surface area contributed by atoms with E-state index in [1.165, 1.54) is 7.11 Å². The number of phenolic OH excluding ortho intramolecular Hbond substituents is 2. The molecular weight excluding hydrogens is 244 g/mol. The number of ether oxygens (including phenoxy) is 1. The van der Waals surface area contributed by atoms with E-state index in [2.05, 4.69) is 10.5 Å². The molecule has 0 aliphatic rings. The van der Waals surface area contributed by atoms with Crippen LogP contribution < -0.4 is 10.2 Å². The summed E-state index contributed by atoms with van der Waals surface area (Å²) in [5.41, 5.74) is 4.38. The smallest absolute Gasteiger partial charge is 0.161 e. The van der Waals surface area contributed by atoms with Gasteiger partial charge in [0.15, 0.2) is 11.5 Å². The van der Waals surface area contributed by atoms with Gasteiger partial charge < -0.3 is 14.9 Å². The average Bonchev–Trinajstić information content (AvgIpc) is 2.43. The molecule has 3 N–H and O–H groups in total. The molecule has 0 saturated carbocycles. The van der Waals surface area contributed by atoms with E-state index in [-0.39, 0.29) is 11.5 Å². The molecule has 0 atom stereocenters. The van der Waals surface area contributed by atoms with E-state index in [4.69, 9.17) is 9.84 Å². The number of hydrazone groups is 1. The molecule has 5 heteroatoms. The van der Waals surface area contributed by atoms with Crippen LogP contribution in [0.2, 0.25) is 0 Å². The largest absolute Gasteiger partial charge is 0.508 e. The highest BCUT2D eigenvalue weighted by Crippen LogP contribution is 2.25. The molecule has 0 aromatic heterocycles. The van der Waals surface area contributed by atoms with Crippen molar-refractivity contribution < 1.29 is 14.9 Å². The fourth-order valence-corrected chi connectivity index (χ4v) is 1.49. The summed E-state index contributed by atoms with van der Waals surface area (Å²) in [6.45, 7) is 0. The first-order valence-electron chi connectivity index (χ1n) is 5.64. The second-order valence-electron chi connectivity index (χ2n) is 3.85. The van der Waals surface area contributed by atoms with Crippen molar-refractivity contribution >= 4 is 11.9 Å². The lowest BCUT2D eigenvalue weighted by Gasteiger charge is -2.03. The summed E-state index contributed by atoms with van der Waals surface area (Å²) in [7, 11) is 1.49. The van der Waals surface area contributed by atoms with E-state index in [0.717, 1.165) is 11.3 Å². The summed E-state index contributed by atoms with van der Waals surface area (Å²) < 4.78 is 5.00. The first-order chi connectivity index (χ1) is 9.19. The Kier molecular flexibility index (Phi) is 3.87. The quantitative estimate of drug-likeness (QED) is 0.447. The van der Waals surface area contributed by atoms with Crippen molar-refractivity contribution in [1.82, 2.24) is 0 Å².